The summed E-state index contributed by atoms with van der Waals surface area (Å²) in [5, 5.41) is 41.0. The van der Waals surface area contributed by atoms with Gasteiger partial charge in [0.15, 0.2) is 0 Å². The standard InChI is InChI=1S/C23H22N2O10/c26-18(5-7-20(28)29)24-16-3-1-12(10-14(16)22(32)33)9-13-2-4-17(15(11-13)23(34)35)25-19(27)6-8-21(30)31/h1-4,10-11H,5-9H2,(H,24,26)(H,25,27)(H,28,29)(H,30,31)(H,32,33)(H,34,35). The lowest BCUT2D eigenvalue weighted by Gasteiger charge is -2.12. The Morgan fingerprint density at radius 1 is 0.571 bits per heavy atom. The lowest BCUT2D eigenvalue weighted by molar-refractivity contribution is -0.138. The fourth-order valence-corrected chi connectivity index (χ4v) is 3.08. The van der Waals surface area contributed by atoms with E-state index in [2.05, 4.69) is 10.6 Å². The largest absolute Gasteiger partial charge is 0.481 e. The molecule has 0 unspecified atom stereocenters. The Bertz CT molecular complexity index is 1100. The van der Waals surface area contributed by atoms with Gasteiger partial charge in [-0.25, -0.2) is 9.59 Å². The van der Waals surface area contributed by atoms with Crippen LogP contribution in [0.25, 0.3) is 0 Å². The Morgan fingerprint density at radius 2 is 0.943 bits per heavy atom. The Hall–Kier alpha value is -4.74. The summed E-state index contributed by atoms with van der Waals surface area (Å²) in [6, 6.07) is 8.37. The molecule has 0 saturated carbocycles. The summed E-state index contributed by atoms with van der Waals surface area (Å²) in [5.41, 5.74) is 0.490. The van der Waals surface area contributed by atoms with Crippen LogP contribution in [0.4, 0.5) is 11.4 Å². The molecule has 35 heavy (non-hydrogen) atoms. The van der Waals surface area contributed by atoms with Crippen molar-refractivity contribution in [2.75, 3.05) is 10.6 Å². The Labute approximate surface area is 198 Å². The van der Waals surface area contributed by atoms with Crippen LogP contribution in [0.3, 0.4) is 0 Å². The Morgan fingerprint density at radius 3 is 1.26 bits per heavy atom. The normalized spacial score (nSPS) is 10.3. The van der Waals surface area contributed by atoms with Gasteiger partial charge in [0.25, 0.3) is 0 Å². The zero-order valence-corrected chi connectivity index (χ0v) is 18.2. The minimum atomic E-state index is -1.33. The minimum absolute atomic E-state index is 0.0118. The van der Waals surface area contributed by atoms with Crippen molar-refractivity contribution in [3.05, 3.63) is 58.7 Å². The van der Waals surface area contributed by atoms with E-state index in [1.165, 1.54) is 36.4 Å². The van der Waals surface area contributed by atoms with Crippen molar-refractivity contribution in [2.45, 2.75) is 32.1 Å². The van der Waals surface area contributed by atoms with Gasteiger partial charge in [0.1, 0.15) is 0 Å². The average Bonchev–Trinajstić information content (AvgIpc) is 2.78. The molecule has 2 rings (SSSR count). The van der Waals surface area contributed by atoms with Crippen LogP contribution < -0.4 is 10.6 Å². The highest BCUT2D eigenvalue weighted by Crippen LogP contribution is 2.23. The molecule has 0 heterocycles. The SMILES string of the molecule is O=C(O)CCC(=O)Nc1ccc(Cc2ccc(NC(=O)CCC(=O)O)c(C(=O)O)c2)cc1C(=O)O. The highest BCUT2D eigenvalue weighted by Gasteiger charge is 2.17. The second-order valence-corrected chi connectivity index (χ2v) is 7.43. The maximum atomic E-state index is 11.9. The smallest absolute Gasteiger partial charge is 0.337 e. The molecule has 6 N–H and O–H groups in total. The Balaban J connectivity index is 2.22. The molecule has 0 aliphatic carbocycles. The third kappa shape index (κ3) is 8.28. The first kappa shape index (κ1) is 26.5. The van der Waals surface area contributed by atoms with Crippen molar-refractivity contribution in [1.82, 2.24) is 0 Å². The zero-order valence-electron chi connectivity index (χ0n) is 18.2. The molecule has 2 aromatic carbocycles. The number of hydrogen-bond acceptors (Lipinski definition) is 6. The van der Waals surface area contributed by atoms with Gasteiger partial charge in [-0.2, -0.15) is 0 Å². The van der Waals surface area contributed by atoms with Crippen molar-refractivity contribution in [3.63, 3.8) is 0 Å². The summed E-state index contributed by atoms with van der Waals surface area (Å²) in [5.74, 6) is -6.30. The van der Waals surface area contributed by atoms with Crippen molar-refractivity contribution in [2.24, 2.45) is 0 Å². The van der Waals surface area contributed by atoms with Gasteiger partial charge in [-0.1, -0.05) is 12.1 Å². The number of amides is 2. The van der Waals surface area contributed by atoms with Crippen LogP contribution in [0.1, 0.15) is 57.5 Å². The molecule has 0 aliphatic rings. The molecule has 0 fully saturated rings. The fraction of sp³-hybridized carbons (Fsp3) is 0.217. The molecule has 0 saturated heterocycles. The molecule has 0 aliphatic heterocycles. The maximum Gasteiger partial charge on any atom is 0.337 e. The van der Waals surface area contributed by atoms with E-state index in [1.54, 1.807) is 0 Å². The number of aromatic carboxylic acids is 2. The average molecular weight is 486 g/mol. The first-order valence-electron chi connectivity index (χ1n) is 10.2. The summed E-state index contributed by atoms with van der Waals surface area (Å²) in [4.78, 5) is 68.2. The molecule has 0 aromatic heterocycles. The van der Waals surface area contributed by atoms with Crippen molar-refractivity contribution in [3.8, 4) is 0 Å². The molecular formula is C23H22N2O10. The van der Waals surface area contributed by atoms with E-state index in [4.69, 9.17) is 10.2 Å². The van der Waals surface area contributed by atoms with Crippen LogP contribution in [-0.4, -0.2) is 56.1 Å². The number of anilines is 2. The number of aliphatic carboxylic acids is 2. The van der Waals surface area contributed by atoms with E-state index in [-0.39, 0.29) is 41.8 Å². The number of benzene rings is 2. The predicted molar refractivity (Wildman–Crippen MR) is 121 cm³/mol. The van der Waals surface area contributed by atoms with E-state index in [1.807, 2.05) is 0 Å². The van der Waals surface area contributed by atoms with Gasteiger partial charge in [-0.05, 0) is 41.8 Å². The topological polar surface area (TPSA) is 207 Å². The molecule has 0 spiro atoms. The van der Waals surface area contributed by atoms with E-state index >= 15 is 0 Å². The summed E-state index contributed by atoms with van der Waals surface area (Å²) in [6.07, 6.45) is -1.34. The lowest BCUT2D eigenvalue weighted by Crippen LogP contribution is -2.16. The molecule has 0 radical (unpaired) electrons. The number of carboxylic acid groups (broad SMARTS) is 4. The van der Waals surface area contributed by atoms with Gasteiger partial charge in [0.2, 0.25) is 11.8 Å². The number of carbonyl (C=O) groups is 6. The predicted octanol–water partition coefficient (Wildman–Crippen LogP) is 2.28. The van der Waals surface area contributed by atoms with Crippen molar-refractivity contribution < 1.29 is 49.2 Å². The van der Waals surface area contributed by atoms with E-state index in [0.717, 1.165) is 0 Å². The van der Waals surface area contributed by atoms with Crippen LogP contribution in [0.5, 0.6) is 0 Å². The molecular weight excluding hydrogens is 464 g/mol. The molecule has 0 bridgehead atoms. The first-order valence-corrected chi connectivity index (χ1v) is 10.2. The summed E-state index contributed by atoms with van der Waals surface area (Å²) in [7, 11) is 0. The van der Waals surface area contributed by atoms with Crippen molar-refractivity contribution >= 4 is 47.1 Å². The van der Waals surface area contributed by atoms with Gasteiger partial charge >= 0.3 is 23.9 Å². The number of hydrogen-bond donors (Lipinski definition) is 6. The summed E-state index contributed by atoms with van der Waals surface area (Å²) in [6.45, 7) is 0. The second-order valence-electron chi connectivity index (χ2n) is 7.43. The molecule has 184 valence electrons. The third-order valence-corrected chi connectivity index (χ3v) is 4.72. The molecule has 12 heteroatoms. The van der Waals surface area contributed by atoms with Gasteiger partial charge in [-0.15, -0.1) is 0 Å². The van der Waals surface area contributed by atoms with Crippen LogP contribution in [0.15, 0.2) is 36.4 Å². The van der Waals surface area contributed by atoms with Crippen LogP contribution in [0, 0.1) is 0 Å². The molecule has 2 aromatic rings. The van der Waals surface area contributed by atoms with Gasteiger partial charge in [-0.3, -0.25) is 19.2 Å². The number of nitrogens with one attached hydrogen (secondary N) is 2. The van der Waals surface area contributed by atoms with Crippen LogP contribution in [-0.2, 0) is 25.6 Å². The van der Waals surface area contributed by atoms with Gasteiger partial charge in [0, 0.05) is 12.8 Å². The fourth-order valence-electron chi connectivity index (χ4n) is 3.08. The Kier molecular flexibility index (Phi) is 9.04. The summed E-state index contributed by atoms with van der Waals surface area (Å²) < 4.78 is 0. The third-order valence-electron chi connectivity index (χ3n) is 4.72. The number of rotatable bonds is 12. The number of carbonyl (C=O) groups excluding carboxylic acids is 2. The minimum Gasteiger partial charge on any atom is -0.481 e. The zero-order chi connectivity index (χ0) is 26.1. The highest BCUT2D eigenvalue weighted by atomic mass is 16.4. The first-order chi connectivity index (χ1) is 16.5. The maximum absolute atomic E-state index is 11.9. The second kappa shape index (κ2) is 11.9. The van der Waals surface area contributed by atoms with Gasteiger partial charge < -0.3 is 31.1 Å². The van der Waals surface area contributed by atoms with Crippen LogP contribution in [0.2, 0.25) is 0 Å². The van der Waals surface area contributed by atoms with E-state index in [0.29, 0.717) is 11.1 Å². The summed E-state index contributed by atoms with van der Waals surface area (Å²) >= 11 is 0. The lowest BCUT2D eigenvalue weighted by atomic mass is 9.99. The molecule has 12 nitrogen and oxygen atoms in total. The van der Waals surface area contributed by atoms with Gasteiger partial charge in [0.05, 0.1) is 35.3 Å². The van der Waals surface area contributed by atoms with Crippen molar-refractivity contribution in [1.29, 1.82) is 0 Å². The monoisotopic (exact) mass is 486 g/mol. The van der Waals surface area contributed by atoms with Crippen LogP contribution >= 0.6 is 0 Å². The molecule has 2 amide bonds. The number of carboxylic acids is 4. The highest BCUT2D eigenvalue weighted by molar-refractivity contribution is 6.02. The quantitative estimate of drug-likeness (QED) is 0.258. The molecule has 0 atom stereocenters. The van der Waals surface area contributed by atoms with E-state index < -0.39 is 48.5 Å². The van der Waals surface area contributed by atoms with E-state index in [9.17, 15) is 39.0 Å².